The first-order valence-electron chi connectivity index (χ1n) is 4.45. The van der Waals surface area contributed by atoms with E-state index in [1.54, 1.807) is 0 Å². The lowest BCUT2D eigenvalue weighted by atomic mass is 9.94. The van der Waals surface area contributed by atoms with Gasteiger partial charge in [0.15, 0.2) is 0 Å². The van der Waals surface area contributed by atoms with Crippen LogP contribution >= 0.6 is 13.5 Å². The molecule has 0 saturated carbocycles. The number of aliphatic hydroxyl groups is 1. The number of rotatable bonds is 1. The number of hydrogen-bond donors (Lipinski definition) is 1. The Kier molecular flexibility index (Phi) is 3.38. The molecule has 0 bridgehead atoms. The summed E-state index contributed by atoms with van der Waals surface area (Å²) < 4.78 is 12.2. The molecular weight excluding hydrogens is 189 g/mol. The summed E-state index contributed by atoms with van der Waals surface area (Å²) in [6.07, 6.45) is 3.58. The molecule has 13 heavy (non-hydrogen) atoms. The second kappa shape index (κ2) is 3.98. The van der Waals surface area contributed by atoms with E-state index in [4.69, 9.17) is 0 Å². The van der Waals surface area contributed by atoms with E-state index >= 15 is 0 Å². The molecule has 2 rings (SSSR count). The fourth-order valence-electron chi connectivity index (χ4n) is 2.47. The molecule has 0 aromatic heterocycles. The van der Waals surface area contributed by atoms with Crippen LogP contribution in [0.15, 0.2) is 11.9 Å². The summed E-state index contributed by atoms with van der Waals surface area (Å²) in [5.41, 5.74) is 0.738. The number of nitrogens with zero attached hydrogens (tertiary/aromatic N) is 1. The first kappa shape index (κ1) is 11.0. The standard InChI is InChI=1S/C9H14FNO.H2S/c10-5-8-4-9(7-12)2-1-3-11(9)6-8;/h5,12H,1-4,6-7H2;1H2/b8-5-;. The van der Waals surface area contributed by atoms with Crippen molar-refractivity contribution in [3.05, 3.63) is 11.9 Å². The van der Waals surface area contributed by atoms with E-state index in [9.17, 15) is 9.50 Å². The molecule has 0 aromatic rings. The molecule has 2 aliphatic rings. The van der Waals surface area contributed by atoms with Crippen LogP contribution in [-0.4, -0.2) is 35.2 Å². The van der Waals surface area contributed by atoms with Crippen molar-refractivity contribution in [3.63, 3.8) is 0 Å². The van der Waals surface area contributed by atoms with Gasteiger partial charge in [0.05, 0.1) is 12.9 Å². The fraction of sp³-hybridized carbons (Fsp3) is 0.778. The van der Waals surface area contributed by atoms with E-state index in [0.717, 1.165) is 37.9 Å². The van der Waals surface area contributed by atoms with Crippen LogP contribution in [-0.2, 0) is 0 Å². The van der Waals surface area contributed by atoms with Crippen molar-refractivity contribution in [1.29, 1.82) is 0 Å². The number of halogens is 1. The van der Waals surface area contributed by atoms with Crippen LogP contribution < -0.4 is 0 Å². The zero-order valence-corrected chi connectivity index (χ0v) is 8.59. The minimum atomic E-state index is -0.0993. The van der Waals surface area contributed by atoms with Crippen LogP contribution in [0.25, 0.3) is 0 Å². The zero-order valence-electron chi connectivity index (χ0n) is 7.59. The van der Waals surface area contributed by atoms with Gasteiger partial charge in [0, 0.05) is 12.1 Å². The maximum Gasteiger partial charge on any atom is 0.0872 e. The van der Waals surface area contributed by atoms with Crippen LogP contribution in [0.4, 0.5) is 4.39 Å². The summed E-state index contributed by atoms with van der Waals surface area (Å²) in [5, 5.41) is 9.25. The molecule has 2 heterocycles. The predicted molar refractivity (Wildman–Crippen MR) is 54.8 cm³/mol. The molecule has 2 saturated heterocycles. The van der Waals surface area contributed by atoms with Crippen LogP contribution in [0.1, 0.15) is 19.3 Å². The molecule has 4 heteroatoms. The Balaban J connectivity index is 0.000000845. The van der Waals surface area contributed by atoms with Gasteiger partial charge >= 0.3 is 0 Å². The Labute approximate surface area is 84.9 Å². The lowest BCUT2D eigenvalue weighted by Crippen LogP contribution is -2.41. The van der Waals surface area contributed by atoms with Crippen LogP contribution in [0.5, 0.6) is 0 Å². The summed E-state index contributed by atoms with van der Waals surface area (Å²) in [6.45, 7) is 1.90. The molecule has 0 amide bonds. The number of hydrogen-bond acceptors (Lipinski definition) is 2. The highest BCUT2D eigenvalue weighted by atomic mass is 32.1. The van der Waals surface area contributed by atoms with Crippen molar-refractivity contribution in [2.75, 3.05) is 19.7 Å². The van der Waals surface area contributed by atoms with Crippen molar-refractivity contribution in [2.45, 2.75) is 24.8 Å². The normalized spacial score (nSPS) is 36.3. The predicted octanol–water partition coefficient (Wildman–Crippen LogP) is 1.18. The number of aliphatic hydroxyl groups excluding tert-OH is 1. The highest BCUT2D eigenvalue weighted by Gasteiger charge is 2.45. The van der Waals surface area contributed by atoms with Crippen LogP contribution in [0.3, 0.4) is 0 Å². The lowest BCUT2D eigenvalue weighted by molar-refractivity contribution is 0.1000. The van der Waals surface area contributed by atoms with Gasteiger partial charge in [-0.2, -0.15) is 13.5 Å². The van der Waals surface area contributed by atoms with Crippen molar-refractivity contribution in [2.24, 2.45) is 0 Å². The van der Waals surface area contributed by atoms with E-state index in [0.29, 0.717) is 6.33 Å². The maximum absolute atomic E-state index is 12.2. The second-order valence-electron chi connectivity index (χ2n) is 3.85. The Hall–Kier alpha value is -0.0600. The zero-order chi connectivity index (χ0) is 8.60. The molecule has 1 unspecified atom stereocenters. The molecule has 0 spiro atoms. The van der Waals surface area contributed by atoms with Gasteiger partial charge in [-0.1, -0.05) is 0 Å². The maximum atomic E-state index is 12.2. The SMILES string of the molecule is OCC12CCCN1C/C(=C\F)C2.S. The highest BCUT2D eigenvalue weighted by Crippen LogP contribution is 2.40. The molecule has 1 N–H and O–H groups in total. The Bertz CT molecular complexity index is 222. The molecule has 2 nitrogen and oxygen atoms in total. The molecule has 2 fully saturated rings. The van der Waals surface area contributed by atoms with Gasteiger partial charge in [0.2, 0.25) is 0 Å². The molecular formula is C9H16FNOS. The first-order valence-corrected chi connectivity index (χ1v) is 4.45. The van der Waals surface area contributed by atoms with E-state index in [-0.39, 0.29) is 25.6 Å². The Morgan fingerprint density at radius 1 is 1.62 bits per heavy atom. The minimum absolute atomic E-state index is 0. The molecule has 0 aliphatic carbocycles. The minimum Gasteiger partial charge on any atom is -0.394 e. The third-order valence-electron chi connectivity index (χ3n) is 3.14. The van der Waals surface area contributed by atoms with E-state index in [1.165, 1.54) is 0 Å². The van der Waals surface area contributed by atoms with Crippen LogP contribution in [0, 0.1) is 0 Å². The third kappa shape index (κ3) is 1.63. The van der Waals surface area contributed by atoms with Gasteiger partial charge in [-0.15, -0.1) is 0 Å². The van der Waals surface area contributed by atoms with Crippen molar-refractivity contribution < 1.29 is 9.50 Å². The second-order valence-corrected chi connectivity index (χ2v) is 3.85. The topological polar surface area (TPSA) is 23.5 Å². The summed E-state index contributed by atoms with van der Waals surface area (Å²) in [7, 11) is 0. The van der Waals surface area contributed by atoms with Gasteiger partial charge in [0.1, 0.15) is 0 Å². The summed E-state index contributed by atoms with van der Waals surface area (Å²) >= 11 is 0. The smallest absolute Gasteiger partial charge is 0.0872 e. The summed E-state index contributed by atoms with van der Waals surface area (Å²) in [5.74, 6) is 0. The van der Waals surface area contributed by atoms with E-state index in [1.807, 2.05) is 0 Å². The Morgan fingerprint density at radius 3 is 2.92 bits per heavy atom. The van der Waals surface area contributed by atoms with Gasteiger partial charge in [0.25, 0.3) is 0 Å². The lowest BCUT2D eigenvalue weighted by Gasteiger charge is -2.28. The van der Waals surface area contributed by atoms with E-state index in [2.05, 4.69) is 4.90 Å². The first-order chi connectivity index (χ1) is 5.80. The van der Waals surface area contributed by atoms with Gasteiger partial charge in [-0.05, 0) is 31.4 Å². The monoisotopic (exact) mass is 205 g/mol. The average molecular weight is 205 g/mol. The van der Waals surface area contributed by atoms with Gasteiger partial charge < -0.3 is 5.11 Å². The molecule has 2 aliphatic heterocycles. The highest BCUT2D eigenvalue weighted by molar-refractivity contribution is 7.59. The third-order valence-corrected chi connectivity index (χ3v) is 3.14. The molecule has 0 radical (unpaired) electrons. The fourth-order valence-corrected chi connectivity index (χ4v) is 2.47. The molecule has 76 valence electrons. The van der Waals surface area contributed by atoms with Crippen LogP contribution in [0.2, 0.25) is 0 Å². The van der Waals surface area contributed by atoms with Crippen molar-refractivity contribution in [1.82, 2.24) is 4.90 Å². The van der Waals surface area contributed by atoms with Gasteiger partial charge in [-0.3, -0.25) is 4.90 Å². The largest absolute Gasteiger partial charge is 0.394 e. The van der Waals surface area contributed by atoms with Gasteiger partial charge in [-0.25, -0.2) is 4.39 Å². The molecule has 0 aromatic carbocycles. The average Bonchev–Trinajstić information content (AvgIpc) is 2.58. The summed E-state index contributed by atoms with van der Waals surface area (Å²) in [4.78, 5) is 2.21. The number of fused-ring (bicyclic) bond motifs is 1. The molecule has 1 atom stereocenters. The Morgan fingerprint density at radius 2 is 2.38 bits per heavy atom. The van der Waals surface area contributed by atoms with Crippen molar-refractivity contribution in [3.8, 4) is 0 Å². The quantitative estimate of drug-likeness (QED) is 0.695. The van der Waals surface area contributed by atoms with Crippen molar-refractivity contribution >= 4 is 13.5 Å². The van der Waals surface area contributed by atoms with E-state index < -0.39 is 0 Å². The summed E-state index contributed by atoms with van der Waals surface area (Å²) in [6, 6.07) is 0.